The van der Waals surface area contributed by atoms with Crippen LogP contribution in [0.25, 0.3) is 0 Å². The number of hydrogen-bond acceptors (Lipinski definition) is 0. The number of rotatable bonds is 3. The Hall–Kier alpha value is 0. The molecule has 0 bridgehead atoms. The molecule has 0 N–H and O–H groups in total. The van der Waals surface area contributed by atoms with Crippen LogP contribution in [0.15, 0.2) is 0 Å². The molecule has 0 nitrogen and oxygen atoms in total. The summed E-state index contributed by atoms with van der Waals surface area (Å²) in [5.41, 5.74) is 0. The first-order valence-electron chi connectivity index (χ1n) is 4.81. The standard InChI is InChI=1S/C10H18/c1-3-8-5-10(8)6-9-4-7(9)2/h7-10H,3-6H2,1-2H3/t7-,8-,9+,10-/m0/s1. The van der Waals surface area contributed by atoms with E-state index < -0.39 is 0 Å². The van der Waals surface area contributed by atoms with Crippen LogP contribution in [0.5, 0.6) is 0 Å². The van der Waals surface area contributed by atoms with Gasteiger partial charge in [0.15, 0.2) is 0 Å². The summed E-state index contributed by atoms with van der Waals surface area (Å²) in [4.78, 5) is 0. The van der Waals surface area contributed by atoms with E-state index in [1.807, 2.05) is 0 Å². The fourth-order valence-electron chi connectivity index (χ4n) is 2.22. The molecule has 2 fully saturated rings. The zero-order valence-corrected chi connectivity index (χ0v) is 7.14. The van der Waals surface area contributed by atoms with Gasteiger partial charge in [0, 0.05) is 0 Å². The Morgan fingerprint density at radius 2 is 1.80 bits per heavy atom. The van der Waals surface area contributed by atoms with Crippen molar-refractivity contribution in [2.75, 3.05) is 0 Å². The van der Waals surface area contributed by atoms with Crippen molar-refractivity contribution in [1.82, 2.24) is 0 Å². The van der Waals surface area contributed by atoms with Crippen LogP contribution in [0, 0.1) is 23.7 Å². The van der Waals surface area contributed by atoms with Crippen molar-refractivity contribution in [3.63, 3.8) is 0 Å². The molecule has 0 aromatic carbocycles. The molecule has 4 atom stereocenters. The van der Waals surface area contributed by atoms with E-state index in [0.717, 1.165) is 23.7 Å². The highest BCUT2D eigenvalue weighted by atomic mass is 14.5. The predicted octanol–water partition coefficient (Wildman–Crippen LogP) is 3.08. The highest BCUT2D eigenvalue weighted by Crippen LogP contribution is 2.52. The maximum atomic E-state index is 2.40. The van der Waals surface area contributed by atoms with Crippen LogP contribution in [-0.4, -0.2) is 0 Å². The molecular formula is C10H18. The molecule has 0 aliphatic heterocycles. The van der Waals surface area contributed by atoms with Gasteiger partial charge in [-0.2, -0.15) is 0 Å². The van der Waals surface area contributed by atoms with Gasteiger partial charge in [0.1, 0.15) is 0 Å². The van der Waals surface area contributed by atoms with Crippen molar-refractivity contribution in [2.24, 2.45) is 23.7 Å². The van der Waals surface area contributed by atoms with Crippen molar-refractivity contribution in [3.05, 3.63) is 0 Å². The van der Waals surface area contributed by atoms with Crippen LogP contribution in [0.4, 0.5) is 0 Å². The molecule has 0 amide bonds. The Balaban J connectivity index is 1.65. The van der Waals surface area contributed by atoms with E-state index in [0.29, 0.717) is 0 Å². The van der Waals surface area contributed by atoms with Crippen LogP contribution >= 0.6 is 0 Å². The first-order valence-corrected chi connectivity index (χ1v) is 4.81. The summed E-state index contributed by atoms with van der Waals surface area (Å²) in [7, 11) is 0. The summed E-state index contributed by atoms with van der Waals surface area (Å²) in [5, 5.41) is 0. The molecule has 0 heteroatoms. The van der Waals surface area contributed by atoms with E-state index in [2.05, 4.69) is 13.8 Å². The topological polar surface area (TPSA) is 0 Å². The fraction of sp³-hybridized carbons (Fsp3) is 1.00. The zero-order chi connectivity index (χ0) is 7.14. The number of hydrogen-bond donors (Lipinski definition) is 0. The largest absolute Gasteiger partial charge is 0.0651 e. The van der Waals surface area contributed by atoms with Gasteiger partial charge in [0.25, 0.3) is 0 Å². The Labute approximate surface area is 64.0 Å². The molecule has 58 valence electrons. The van der Waals surface area contributed by atoms with E-state index in [-0.39, 0.29) is 0 Å². The second-order valence-electron chi connectivity index (χ2n) is 4.37. The molecule has 0 spiro atoms. The van der Waals surface area contributed by atoms with E-state index >= 15 is 0 Å². The molecule has 10 heavy (non-hydrogen) atoms. The van der Waals surface area contributed by atoms with Gasteiger partial charge in [-0.25, -0.2) is 0 Å². The molecule has 2 aliphatic rings. The minimum atomic E-state index is 1.08. The van der Waals surface area contributed by atoms with Crippen LogP contribution in [0.3, 0.4) is 0 Å². The SMILES string of the molecule is CC[C@H]1C[C@H]1C[C@H]1C[C@@H]1C. The molecule has 2 rings (SSSR count). The molecule has 0 radical (unpaired) electrons. The smallest absolute Gasteiger partial charge is 0.0380 e. The maximum absolute atomic E-state index is 2.40. The van der Waals surface area contributed by atoms with Gasteiger partial charge in [-0.05, 0) is 42.9 Å². The molecule has 0 unspecified atom stereocenters. The summed E-state index contributed by atoms with van der Waals surface area (Å²) in [6, 6.07) is 0. The first-order chi connectivity index (χ1) is 4.81. The van der Waals surface area contributed by atoms with Crippen molar-refractivity contribution in [3.8, 4) is 0 Å². The third-order valence-corrected chi connectivity index (χ3v) is 3.48. The predicted molar refractivity (Wildman–Crippen MR) is 43.8 cm³/mol. The third kappa shape index (κ3) is 1.21. The maximum Gasteiger partial charge on any atom is -0.0380 e. The quantitative estimate of drug-likeness (QED) is 0.562. The van der Waals surface area contributed by atoms with Crippen LogP contribution in [0.1, 0.15) is 39.5 Å². The summed E-state index contributed by atoms with van der Waals surface area (Å²) < 4.78 is 0. The second-order valence-corrected chi connectivity index (χ2v) is 4.37. The Kier molecular flexibility index (Phi) is 1.51. The Morgan fingerprint density at radius 3 is 2.20 bits per heavy atom. The van der Waals surface area contributed by atoms with Crippen molar-refractivity contribution >= 4 is 0 Å². The highest BCUT2D eigenvalue weighted by Gasteiger charge is 2.42. The minimum absolute atomic E-state index is 1.08. The molecular weight excluding hydrogens is 120 g/mol. The lowest BCUT2D eigenvalue weighted by Gasteiger charge is -1.94. The van der Waals surface area contributed by atoms with E-state index in [1.165, 1.54) is 12.8 Å². The molecule has 0 heterocycles. The van der Waals surface area contributed by atoms with Crippen molar-refractivity contribution in [2.45, 2.75) is 39.5 Å². The summed E-state index contributed by atoms with van der Waals surface area (Å²) in [5.74, 6) is 4.51. The monoisotopic (exact) mass is 138 g/mol. The highest BCUT2D eigenvalue weighted by molar-refractivity contribution is 4.92. The van der Waals surface area contributed by atoms with Crippen molar-refractivity contribution in [1.29, 1.82) is 0 Å². The van der Waals surface area contributed by atoms with Crippen LogP contribution < -0.4 is 0 Å². The van der Waals surface area contributed by atoms with E-state index in [1.54, 1.807) is 12.8 Å². The summed E-state index contributed by atoms with van der Waals surface area (Å²) in [6.45, 7) is 4.73. The Morgan fingerprint density at radius 1 is 1.10 bits per heavy atom. The summed E-state index contributed by atoms with van der Waals surface area (Å²) in [6.07, 6.45) is 6.10. The van der Waals surface area contributed by atoms with Gasteiger partial charge in [-0.3, -0.25) is 0 Å². The van der Waals surface area contributed by atoms with Crippen molar-refractivity contribution < 1.29 is 0 Å². The molecule has 2 saturated carbocycles. The van der Waals surface area contributed by atoms with Gasteiger partial charge < -0.3 is 0 Å². The molecule has 0 saturated heterocycles. The Bertz CT molecular complexity index is 128. The molecule has 2 aliphatic carbocycles. The van der Waals surface area contributed by atoms with Crippen LogP contribution in [0.2, 0.25) is 0 Å². The third-order valence-electron chi connectivity index (χ3n) is 3.48. The van der Waals surface area contributed by atoms with Gasteiger partial charge in [0.05, 0.1) is 0 Å². The van der Waals surface area contributed by atoms with Crippen LogP contribution in [-0.2, 0) is 0 Å². The molecule has 0 aromatic heterocycles. The van der Waals surface area contributed by atoms with Gasteiger partial charge in [0.2, 0.25) is 0 Å². The second kappa shape index (κ2) is 2.25. The van der Waals surface area contributed by atoms with E-state index in [4.69, 9.17) is 0 Å². The average molecular weight is 138 g/mol. The fourth-order valence-corrected chi connectivity index (χ4v) is 2.22. The van der Waals surface area contributed by atoms with Gasteiger partial charge in [-0.1, -0.05) is 20.3 Å². The van der Waals surface area contributed by atoms with Gasteiger partial charge >= 0.3 is 0 Å². The van der Waals surface area contributed by atoms with E-state index in [9.17, 15) is 0 Å². The minimum Gasteiger partial charge on any atom is -0.0651 e. The normalized spacial score (nSPS) is 51.0. The lowest BCUT2D eigenvalue weighted by Crippen LogP contribution is -1.84. The summed E-state index contributed by atoms with van der Waals surface area (Å²) >= 11 is 0. The van der Waals surface area contributed by atoms with Gasteiger partial charge in [-0.15, -0.1) is 0 Å². The average Bonchev–Trinajstić information content (AvgIpc) is 2.76. The lowest BCUT2D eigenvalue weighted by atomic mass is 10.1. The lowest BCUT2D eigenvalue weighted by molar-refractivity contribution is 0.565. The molecule has 0 aromatic rings. The first kappa shape index (κ1) is 6.69. The zero-order valence-electron chi connectivity index (χ0n) is 7.14.